The molecule has 1 aliphatic heterocycles. The van der Waals surface area contributed by atoms with Gasteiger partial charge in [-0.25, -0.2) is 4.79 Å². The third kappa shape index (κ3) is 2.38. The van der Waals surface area contributed by atoms with Gasteiger partial charge in [0, 0.05) is 24.1 Å². The van der Waals surface area contributed by atoms with Crippen molar-refractivity contribution in [1.29, 1.82) is 0 Å². The van der Waals surface area contributed by atoms with Crippen LogP contribution in [0, 0.1) is 0 Å². The van der Waals surface area contributed by atoms with Crippen molar-refractivity contribution < 1.29 is 18.6 Å². The molecule has 1 aromatic heterocycles. The van der Waals surface area contributed by atoms with Gasteiger partial charge in [0.25, 0.3) is 0 Å². The summed E-state index contributed by atoms with van der Waals surface area (Å²) in [6.45, 7) is 4.10. The Hall–Kier alpha value is -2.01. The Morgan fingerprint density at radius 1 is 1.24 bits per heavy atom. The largest absolute Gasteiger partial charge is 0.496 e. The summed E-state index contributed by atoms with van der Waals surface area (Å²) in [5, 5.41) is 0.756. The lowest BCUT2D eigenvalue weighted by atomic mass is 9.99. The molecule has 1 aromatic carbocycles. The number of hydrogen-bond donors (Lipinski definition) is 0. The molecule has 112 valence electrons. The summed E-state index contributed by atoms with van der Waals surface area (Å²) in [6.07, 6.45) is 0.822. The van der Waals surface area contributed by atoms with Crippen molar-refractivity contribution in [1.82, 2.24) is 0 Å². The quantitative estimate of drug-likeness (QED) is 0.639. The van der Waals surface area contributed by atoms with E-state index in [1.54, 1.807) is 26.4 Å². The molecular formula is C16H18O5. The van der Waals surface area contributed by atoms with Crippen molar-refractivity contribution in [2.75, 3.05) is 14.2 Å². The number of rotatable bonds is 4. The summed E-state index contributed by atoms with van der Waals surface area (Å²) in [5.74, 6) is 1.31. The normalized spacial score (nSPS) is 19.5. The maximum atomic E-state index is 11.4. The van der Waals surface area contributed by atoms with Crippen LogP contribution in [0.15, 0.2) is 27.4 Å². The highest BCUT2D eigenvalue weighted by molar-refractivity contribution is 5.87. The topological polar surface area (TPSA) is 61.2 Å². The Morgan fingerprint density at radius 2 is 1.95 bits per heavy atom. The average molecular weight is 290 g/mol. The molecule has 0 unspecified atom stereocenters. The van der Waals surface area contributed by atoms with Crippen LogP contribution in [-0.2, 0) is 11.2 Å². The summed E-state index contributed by atoms with van der Waals surface area (Å²) < 4.78 is 21.8. The highest BCUT2D eigenvalue weighted by Gasteiger charge is 2.48. The summed E-state index contributed by atoms with van der Waals surface area (Å²) in [6, 6.07) is 4.82. The molecule has 2 heterocycles. The fourth-order valence-electron chi connectivity index (χ4n) is 2.62. The highest BCUT2D eigenvalue weighted by atomic mass is 16.6. The van der Waals surface area contributed by atoms with E-state index in [1.807, 2.05) is 0 Å². The Morgan fingerprint density at radius 3 is 2.52 bits per heavy atom. The number of fused-ring (bicyclic) bond motifs is 1. The van der Waals surface area contributed by atoms with E-state index in [2.05, 4.69) is 13.8 Å². The third-order valence-electron chi connectivity index (χ3n) is 3.92. The molecule has 0 saturated carbocycles. The second-order valence-corrected chi connectivity index (χ2v) is 5.67. The molecule has 21 heavy (non-hydrogen) atoms. The first-order chi connectivity index (χ1) is 9.96. The van der Waals surface area contributed by atoms with Gasteiger partial charge >= 0.3 is 5.63 Å². The molecule has 0 aliphatic carbocycles. The van der Waals surface area contributed by atoms with Gasteiger partial charge in [-0.2, -0.15) is 0 Å². The van der Waals surface area contributed by atoms with E-state index in [4.69, 9.17) is 18.6 Å². The fraction of sp³-hybridized carbons (Fsp3) is 0.438. The lowest BCUT2D eigenvalue weighted by Crippen LogP contribution is -2.08. The zero-order valence-corrected chi connectivity index (χ0v) is 12.6. The first-order valence-corrected chi connectivity index (χ1v) is 6.82. The smallest absolute Gasteiger partial charge is 0.336 e. The van der Waals surface area contributed by atoms with Gasteiger partial charge in [-0.3, -0.25) is 0 Å². The van der Waals surface area contributed by atoms with Gasteiger partial charge in [-0.15, -0.1) is 0 Å². The van der Waals surface area contributed by atoms with Crippen LogP contribution in [-0.4, -0.2) is 25.9 Å². The van der Waals surface area contributed by atoms with E-state index < -0.39 is 5.63 Å². The maximum absolute atomic E-state index is 11.4. The van der Waals surface area contributed by atoms with Gasteiger partial charge in [-0.1, -0.05) is 0 Å². The zero-order chi connectivity index (χ0) is 15.2. The van der Waals surface area contributed by atoms with E-state index in [0.29, 0.717) is 23.5 Å². The molecule has 0 spiro atoms. The molecule has 1 fully saturated rings. The van der Waals surface area contributed by atoms with Gasteiger partial charge in [-0.05, 0) is 19.9 Å². The number of epoxide rings is 1. The van der Waals surface area contributed by atoms with Crippen molar-refractivity contribution >= 4 is 11.0 Å². The number of hydrogen-bond acceptors (Lipinski definition) is 5. The first kappa shape index (κ1) is 13.9. The molecular weight excluding hydrogens is 272 g/mol. The Balaban J connectivity index is 2.16. The minimum absolute atomic E-state index is 0.117. The van der Waals surface area contributed by atoms with Crippen molar-refractivity contribution in [2.24, 2.45) is 0 Å². The standard InChI is InChI=1S/C16H18O5/c1-16(2)13(21-16)7-10-11(18-3)8-12-9(15(10)19-4)5-6-14(17)20-12/h5-6,8,13H,7H2,1-4H3/t13-/m1/s1. The molecule has 2 aromatic rings. The molecule has 5 nitrogen and oxygen atoms in total. The van der Waals surface area contributed by atoms with Crippen LogP contribution in [0.1, 0.15) is 19.4 Å². The van der Waals surface area contributed by atoms with E-state index in [9.17, 15) is 4.79 Å². The van der Waals surface area contributed by atoms with Crippen LogP contribution >= 0.6 is 0 Å². The molecule has 1 saturated heterocycles. The minimum atomic E-state index is -0.397. The monoisotopic (exact) mass is 290 g/mol. The van der Waals surface area contributed by atoms with Crippen LogP contribution in [0.25, 0.3) is 11.0 Å². The van der Waals surface area contributed by atoms with Gasteiger partial charge in [0.1, 0.15) is 17.1 Å². The average Bonchev–Trinajstić information content (AvgIpc) is 3.05. The van der Waals surface area contributed by atoms with Crippen LogP contribution in [0.5, 0.6) is 11.5 Å². The number of benzene rings is 1. The van der Waals surface area contributed by atoms with Gasteiger partial charge in [0.05, 0.1) is 31.3 Å². The fourth-order valence-corrected chi connectivity index (χ4v) is 2.62. The summed E-state index contributed by atoms with van der Waals surface area (Å²) in [7, 11) is 3.19. The van der Waals surface area contributed by atoms with Crippen molar-refractivity contribution in [3.05, 3.63) is 34.2 Å². The molecule has 0 bridgehead atoms. The zero-order valence-electron chi connectivity index (χ0n) is 12.6. The van der Waals surface area contributed by atoms with Crippen LogP contribution in [0.2, 0.25) is 0 Å². The highest BCUT2D eigenvalue weighted by Crippen LogP contribution is 2.43. The first-order valence-electron chi connectivity index (χ1n) is 6.82. The summed E-state index contributed by atoms with van der Waals surface area (Å²) in [4.78, 5) is 11.4. The number of methoxy groups -OCH3 is 2. The summed E-state index contributed by atoms with van der Waals surface area (Å²) >= 11 is 0. The predicted octanol–water partition coefficient (Wildman–Crippen LogP) is 2.53. The van der Waals surface area contributed by atoms with E-state index in [1.165, 1.54) is 6.07 Å². The van der Waals surface area contributed by atoms with E-state index >= 15 is 0 Å². The molecule has 0 amide bonds. The molecule has 0 N–H and O–H groups in total. The van der Waals surface area contributed by atoms with Crippen LogP contribution in [0.3, 0.4) is 0 Å². The Kier molecular flexibility index (Phi) is 3.17. The van der Waals surface area contributed by atoms with Crippen molar-refractivity contribution in [2.45, 2.75) is 32.0 Å². The number of ether oxygens (including phenoxy) is 3. The Bertz CT molecular complexity index is 744. The SMILES string of the molecule is COc1cc2oc(=O)ccc2c(OC)c1C[C@H]1OC1(C)C. The minimum Gasteiger partial charge on any atom is -0.496 e. The van der Waals surface area contributed by atoms with Crippen molar-refractivity contribution in [3.63, 3.8) is 0 Å². The molecule has 3 rings (SSSR count). The van der Waals surface area contributed by atoms with Crippen LogP contribution in [0.4, 0.5) is 0 Å². The van der Waals surface area contributed by atoms with Crippen LogP contribution < -0.4 is 15.1 Å². The Labute approximate surface area is 122 Å². The molecule has 5 heteroatoms. The summed E-state index contributed by atoms with van der Waals surface area (Å²) in [5.41, 5.74) is 0.868. The van der Waals surface area contributed by atoms with E-state index in [0.717, 1.165) is 10.9 Å². The van der Waals surface area contributed by atoms with Gasteiger partial charge in [0.15, 0.2) is 0 Å². The molecule has 1 aliphatic rings. The molecule has 0 radical (unpaired) electrons. The van der Waals surface area contributed by atoms with Gasteiger partial charge in [0.2, 0.25) is 0 Å². The lowest BCUT2D eigenvalue weighted by Gasteiger charge is -2.15. The van der Waals surface area contributed by atoms with Crippen molar-refractivity contribution in [3.8, 4) is 11.5 Å². The third-order valence-corrected chi connectivity index (χ3v) is 3.92. The maximum Gasteiger partial charge on any atom is 0.336 e. The molecule has 1 atom stereocenters. The second kappa shape index (κ2) is 4.77. The predicted molar refractivity (Wildman–Crippen MR) is 78.2 cm³/mol. The van der Waals surface area contributed by atoms with E-state index in [-0.39, 0.29) is 11.7 Å². The van der Waals surface area contributed by atoms with Gasteiger partial charge < -0.3 is 18.6 Å². The second-order valence-electron chi connectivity index (χ2n) is 5.67. The lowest BCUT2D eigenvalue weighted by molar-refractivity contribution is 0.320.